The van der Waals surface area contributed by atoms with Crippen molar-refractivity contribution in [2.45, 2.75) is 26.4 Å². The summed E-state index contributed by atoms with van der Waals surface area (Å²) in [5.41, 5.74) is -0.0649. The summed E-state index contributed by atoms with van der Waals surface area (Å²) in [6.07, 6.45) is 0. The van der Waals surface area contributed by atoms with E-state index in [-0.39, 0.29) is 5.71 Å². The molecule has 4 heteroatoms. The summed E-state index contributed by atoms with van der Waals surface area (Å²) >= 11 is 0. The van der Waals surface area contributed by atoms with Crippen molar-refractivity contribution in [2.75, 3.05) is 0 Å². The second-order valence-corrected chi connectivity index (χ2v) is 4.31. The lowest BCUT2D eigenvalue weighted by molar-refractivity contribution is -0.129. The molecule has 1 rings (SSSR count). The van der Waals surface area contributed by atoms with Crippen molar-refractivity contribution < 1.29 is 14.7 Å². The third-order valence-electron chi connectivity index (χ3n) is 1.66. The third kappa shape index (κ3) is 3.73. The van der Waals surface area contributed by atoms with Crippen LogP contribution in [0.3, 0.4) is 0 Å². The van der Waals surface area contributed by atoms with Gasteiger partial charge in [-0.05, 0) is 20.8 Å². The average molecular weight is 221 g/mol. The van der Waals surface area contributed by atoms with Crippen molar-refractivity contribution >= 4 is 11.7 Å². The minimum atomic E-state index is -1.10. The highest BCUT2D eigenvalue weighted by Gasteiger charge is 2.16. The molecule has 0 unspecified atom stereocenters. The van der Waals surface area contributed by atoms with Crippen molar-refractivity contribution in [2.24, 2.45) is 5.16 Å². The molecule has 0 saturated carbocycles. The Hall–Kier alpha value is -1.84. The van der Waals surface area contributed by atoms with Gasteiger partial charge in [0.1, 0.15) is 5.60 Å². The Balaban J connectivity index is 2.97. The molecule has 0 bridgehead atoms. The van der Waals surface area contributed by atoms with Gasteiger partial charge in [-0.3, -0.25) is 0 Å². The van der Waals surface area contributed by atoms with Crippen molar-refractivity contribution in [3.05, 3.63) is 35.9 Å². The second-order valence-electron chi connectivity index (χ2n) is 4.31. The summed E-state index contributed by atoms with van der Waals surface area (Å²) in [6.45, 7) is 5.42. The highest BCUT2D eigenvalue weighted by molar-refractivity contribution is 6.42. The molecule has 0 fully saturated rings. The van der Waals surface area contributed by atoms with Gasteiger partial charge in [-0.2, -0.15) is 0 Å². The second kappa shape index (κ2) is 4.79. The molecule has 1 aromatic carbocycles. The number of carbonyl (C=O) groups is 1. The first-order chi connectivity index (χ1) is 7.40. The monoisotopic (exact) mass is 221 g/mol. The number of hydrogen-bond donors (Lipinski definition) is 1. The zero-order valence-electron chi connectivity index (χ0n) is 9.60. The molecule has 0 spiro atoms. The fraction of sp³-hybridized carbons (Fsp3) is 0.333. The Morgan fingerprint density at radius 2 is 1.81 bits per heavy atom. The predicted octanol–water partition coefficient (Wildman–Crippen LogP) is 2.29. The molecule has 0 aliphatic carbocycles. The van der Waals surface area contributed by atoms with Crippen LogP contribution in [-0.4, -0.2) is 22.4 Å². The molecule has 16 heavy (non-hydrogen) atoms. The first-order valence-electron chi connectivity index (χ1n) is 4.95. The number of hydrogen-bond acceptors (Lipinski definition) is 3. The number of rotatable bonds is 3. The van der Waals surface area contributed by atoms with Gasteiger partial charge >= 0.3 is 5.97 Å². The molecule has 0 aromatic heterocycles. The Kier molecular flexibility index (Phi) is 3.66. The molecular formula is C12H15NO3. The van der Waals surface area contributed by atoms with Crippen LogP contribution in [-0.2, 0) is 9.63 Å². The number of oxime groups is 1. The normalized spacial score (nSPS) is 12.3. The molecule has 0 aliphatic rings. The van der Waals surface area contributed by atoms with E-state index in [0.29, 0.717) is 5.56 Å². The Bertz CT molecular complexity index is 390. The van der Waals surface area contributed by atoms with Gasteiger partial charge in [0.15, 0.2) is 5.71 Å². The standard InChI is InChI=1S/C12H15NO3/c1-12(2,3)16-13-10(11(14)15)9-7-5-4-6-8-9/h4-8H,1-3H3,(H,14,15)/b13-10-. The quantitative estimate of drug-likeness (QED) is 0.629. The van der Waals surface area contributed by atoms with Crippen molar-refractivity contribution in [3.63, 3.8) is 0 Å². The summed E-state index contributed by atoms with van der Waals surface area (Å²) < 4.78 is 0. The Morgan fingerprint density at radius 1 is 1.25 bits per heavy atom. The lowest BCUT2D eigenvalue weighted by atomic mass is 10.1. The fourth-order valence-electron chi connectivity index (χ4n) is 0.994. The molecule has 0 heterocycles. The van der Waals surface area contributed by atoms with E-state index in [1.54, 1.807) is 45.0 Å². The van der Waals surface area contributed by atoms with Crippen LogP contribution < -0.4 is 0 Å². The van der Waals surface area contributed by atoms with Gasteiger partial charge in [-0.25, -0.2) is 4.79 Å². The van der Waals surface area contributed by atoms with E-state index in [9.17, 15) is 4.79 Å². The largest absolute Gasteiger partial charge is 0.476 e. The highest BCUT2D eigenvalue weighted by Crippen LogP contribution is 2.09. The molecule has 0 amide bonds. The molecule has 0 aliphatic heterocycles. The zero-order valence-corrected chi connectivity index (χ0v) is 9.60. The SMILES string of the molecule is CC(C)(C)O/N=C(\C(=O)O)c1ccccc1. The third-order valence-corrected chi connectivity index (χ3v) is 1.66. The van der Waals surface area contributed by atoms with E-state index in [2.05, 4.69) is 5.16 Å². The van der Waals surface area contributed by atoms with E-state index in [4.69, 9.17) is 9.94 Å². The summed E-state index contributed by atoms with van der Waals surface area (Å²) in [5.74, 6) is -1.10. The van der Waals surface area contributed by atoms with Crippen LogP contribution in [0.4, 0.5) is 0 Å². The summed E-state index contributed by atoms with van der Waals surface area (Å²) in [5, 5.41) is 12.7. The first-order valence-corrected chi connectivity index (χ1v) is 4.95. The summed E-state index contributed by atoms with van der Waals surface area (Å²) in [7, 11) is 0. The van der Waals surface area contributed by atoms with E-state index >= 15 is 0 Å². The predicted molar refractivity (Wildman–Crippen MR) is 61.5 cm³/mol. The molecule has 0 radical (unpaired) electrons. The van der Waals surface area contributed by atoms with Crippen LogP contribution in [0.1, 0.15) is 26.3 Å². The van der Waals surface area contributed by atoms with Gasteiger partial charge < -0.3 is 9.94 Å². The molecule has 1 N–H and O–H groups in total. The molecule has 0 atom stereocenters. The van der Waals surface area contributed by atoms with Crippen LogP contribution >= 0.6 is 0 Å². The molecular weight excluding hydrogens is 206 g/mol. The minimum Gasteiger partial charge on any atom is -0.476 e. The van der Waals surface area contributed by atoms with Gasteiger partial charge in [-0.15, -0.1) is 0 Å². The number of nitrogens with zero attached hydrogens (tertiary/aromatic N) is 1. The fourth-order valence-corrected chi connectivity index (χ4v) is 0.994. The van der Waals surface area contributed by atoms with E-state index in [1.807, 2.05) is 6.07 Å². The van der Waals surface area contributed by atoms with Gasteiger partial charge in [0.2, 0.25) is 0 Å². The van der Waals surface area contributed by atoms with Gasteiger partial charge in [0, 0.05) is 5.56 Å². The maximum absolute atomic E-state index is 11.0. The van der Waals surface area contributed by atoms with Crippen LogP contribution in [0, 0.1) is 0 Å². The van der Waals surface area contributed by atoms with E-state index < -0.39 is 11.6 Å². The maximum atomic E-state index is 11.0. The van der Waals surface area contributed by atoms with Crippen LogP contribution in [0.15, 0.2) is 35.5 Å². The smallest absolute Gasteiger partial charge is 0.358 e. The zero-order chi connectivity index (χ0) is 12.2. The maximum Gasteiger partial charge on any atom is 0.358 e. The summed E-state index contributed by atoms with van der Waals surface area (Å²) in [4.78, 5) is 16.1. The summed E-state index contributed by atoms with van der Waals surface area (Å²) in [6, 6.07) is 8.68. The van der Waals surface area contributed by atoms with Gasteiger partial charge in [0.25, 0.3) is 0 Å². The molecule has 86 valence electrons. The lowest BCUT2D eigenvalue weighted by Gasteiger charge is -2.16. The number of benzene rings is 1. The van der Waals surface area contributed by atoms with Crippen molar-refractivity contribution in [1.29, 1.82) is 0 Å². The van der Waals surface area contributed by atoms with Crippen LogP contribution in [0.5, 0.6) is 0 Å². The van der Waals surface area contributed by atoms with E-state index in [0.717, 1.165) is 0 Å². The van der Waals surface area contributed by atoms with Crippen molar-refractivity contribution in [3.8, 4) is 0 Å². The van der Waals surface area contributed by atoms with Crippen LogP contribution in [0.25, 0.3) is 0 Å². The number of carboxylic acid groups (broad SMARTS) is 1. The number of aliphatic carboxylic acids is 1. The van der Waals surface area contributed by atoms with Crippen molar-refractivity contribution in [1.82, 2.24) is 0 Å². The average Bonchev–Trinajstić information content (AvgIpc) is 2.17. The Morgan fingerprint density at radius 3 is 2.25 bits per heavy atom. The van der Waals surface area contributed by atoms with Crippen LogP contribution in [0.2, 0.25) is 0 Å². The Labute approximate surface area is 94.5 Å². The number of carboxylic acids is 1. The highest BCUT2D eigenvalue weighted by atomic mass is 16.6. The minimum absolute atomic E-state index is 0.0875. The first kappa shape index (κ1) is 12.2. The molecule has 1 aromatic rings. The van der Waals surface area contributed by atoms with Gasteiger partial charge in [-0.1, -0.05) is 35.5 Å². The lowest BCUT2D eigenvalue weighted by Crippen LogP contribution is -2.20. The van der Waals surface area contributed by atoms with Gasteiger partial charge in [0.05, 0.1) is 0 Å². The van der Waals surface area contributed by atoms with E-state index in [1.165, 1.54) is 0 Å². The topological polar surface area (TPSA) is 58.9 Å². The molecule has 0 saturated heterocycles. The molecule has 4 nitrogen and oxygen atoms in total.